The highest BCUT2D eigenvalue weighted by atomic mass is 35.5. The van der Waals surface area contributed by atoms with Gasteiger partial charge in [-0.1, -0.05) is 6.92 Å². The summed E-state index contributed by atoms with van der Waals surface area (Å²) in [5.74, 6) is -0.131. The quantitative estimate of drug-likeness (QED) is 0.406. The number of fused-ring (bicyclic) bond motifs is 1. The Balaban J connectivity index is 2.26. The van der Waals surface area contributed by atoms with Gasteiger partial charge >= 0.3 is 5.97 Å². The molecule has 0 radical (unpaired) electrons. The van der Waals surface area contributed by atoms with Crippen molar-refractivity contribution in [3.63, 3.8) is 0 Å². The lowest BCUT2D eigenvalue weighted by Gasteiger charge is -2.10. The molecule has 0 aliphatic heterocycles. The van der Waals surface area contributed by atoms with Crippen LogP contribution >= 0.6 is 22.9 Å². The lowest BCUT2D eigenvalue weighted by molar-refractivity contribution is -0.141. The SMILES string of the molecule is COc1cc2sc(C(=O)CC(C)C(=O)O)cc2cc1OCCCCl. The summed E-state index contributed by atoms with van der Waals surface area (Å²) in [6, 6.07) is 5.43. The summed E-state index contributed by atoms with van der Waals surface area (Å²) in [5.41, 5.74) is 0. The van der Waals surface area contributed by atoms with Crippen LogP contribution in [0.25, 0.3) is 10.1 Å². The number of carboxylic acid groups (broad SMARTS) is 1. The van der Waals surface area contributed by atoms with Crippen LogP contribution in [0.5, 0.6) is 11.5 Å². The van der Waals surface area contributed by atoms with Crippen LogP contribution in [0, 0.1) is 5.92 Å². The molecule has 1 atom stereocenters. The van der Waals surface area contributed by atoms with Crippen LogP contribution in [0.1, 0.15) is 29.4 Å². The van der Waals surface area contributed by atoms with E-state index >= 15 is 0 Å². The van der Waals surface area contributed by atoms with Gasteiger partial charge in [0.15, 0.2) is 17.3 Å². The van der Waals surface area contributed by atoms with Crippen LogP contribution in [0.2, 0.25) is 0 Å². The van der Waals surface area contributed by atoms with Gasteiger partial charge in [-0.3, -0.25) is 9.59 Å². The number of thiophene rings is 1. The van der Waals surface area contributed by atoms with Crippen molar-refractivity contribution in [1.29, 1.82) is 0 Å². The molecule has 1 aromatic carbocycles. The van der Waals surface area contributed by atoms with Crippen molar-refractivity contribution in [2.75, 3.05) is 19.6 Å². The number of ketones is 1. The molecule has 0 aliphatic rings. The molecule has 0 bridgehead atoms. The maximum atomic E-state index is 12.2. The van der Waals surface area contributed by atoms with Crippen LogP contribution in [0.4, 0.5) is 0 Å². The molecule has 0 spiro atoms. The number of alkyl halides is 1. The zero-order valence-corrected chi connectivity index (χ0v) is 15.1. The molecule has 1 aromatic heterocycles. The number of halogens is 1. The molecule has 0 fully saturated rings. The molecule has 0 saturated carbocycles. The van der Waals surface area contributed by atoms with Crippen molar-refractivity contribution in [2.45, 2.75) is 19.8 Å². The first-order valence-electron chi connectivity index (χ1n) is 7.52. The van der Waals surface area contributed by atoms with E-state index in [9.17, 15) is 9.59 Å². The molecule has 1 heterocycles. The number of benzene rings is 1. The molecule has 1 N–H and O–H groups in total. The van der Waals surface area contributed by atoms with Gasteiger partial charge in [-0.25, -0.2) is 0 Å². The fraction of sp³-hybridized carbons (Fsp3) is 0.412. The second-order valence-corrected chi connectivity index (χ2v) is 6.87. The molecule has 7 heteroatoms. The number of ether oxygens (including phenoxy) is 2. The van der Waals surface area contributed by atoms with Crippen LogP contribution < -0.4 is 9.47 Å². The Kier molecular flexibility index (Phi) is 6.45. The fourth-order valence-corrected chi connectivity index (χ4v) is 3.29. The monoisotopic (exact) mass is 370 g/mol. The van der Waals surface area contributed by atoms with Crippen LogP contribution in [0.3, 0.4) is 0 Å². The van der Waals surface area contributed by atoms with Crippen molar-refractivity contribution in [3.05, 3.63) is 23.1 Å². The minimum Gasteiger partial charge on any atom is -0.493 e. The Bertz CT molecular complexity index is 740. The Labute approximate surface area is 149 Å². The molecule has 130 valence electrons. The van der Waals surface area contributed by atoms with Gasteiger partial charge in [-0.2, -0.15) is 0 Å². The number of hydrogen-bond acceptors (Lipinski definition) is 5. The molecule has 0 aliphatic carbocycles. The third kappa shape index (κ3) is 4.39. The number of carbonyl (C=O) groups excluding carboxylic acids is 1. The fourth-order valence-electron chi connectivity index (χ4n) is 2.16. The van der Waals surface area contributed by atoms with Crippen molar-refractivity contribution in [1.82, 2.24) is 0 Å². The molecule has 24 heavy (non-hydrogen) atoms. The molecule has 5 nitrogen and oxygen atoms in total. The van der Waals surface area contributed by atoms with Crippen LogP contribution in [-0.2, 0) is 4.79 Å². The van der Waals surface area contributed by atoms with E-state index in [0.717, 1.165) is 16.5 Å². The zero-order chi connectivity index (χ0) is 17.7. The average Bonchev–Trinajstić information content (AvgIpc) is 2.97. The smallest absolute Gasteiger partial charge is 0.306 e. The Morgan fingerprint density at radius 1 is 1.29 bits per heavy atom. The molecule has 0 saturated heterocycles. The number of hydrogen-bond donors (Lipinski definition) is 1. The number of carboxylic acids is 1. The Morgan fingerprint density at radius 3 is 2.67 bits per heavy atom. The lowest BCUT2D eigenvalue weighted by Crippen LogP contribution is -2.13. The van der Waals surface area contributed by atoms with E-state index in [1.165, 1.54) is 18.3 Å². The maximum absolute atomic E-state index is 12.2. The van der Waals surface area contributed by atoms with Gasteiger partial charge in [0, 0.05) is 23.1 Å². The summed E-state index contributed by atoms with van der Waals surface area (Å²) in [6.07, 6.45) is 0.710. The molecule has 2 aromatic rings. The van der Waals surface area contributed by atoms with E-state index in [1.807, 2.05) is 12.1 Å². The highest BCUT2D eigenvalue weighted by molar-refractivity contribution is 7.20. The standard InChI is InChI=1S/C17H19ClO5S/c1-10(17(20)21)6-12(19)16-8-11-7-14(23-5-3-4-18)13(22-2)9-15(11)24-16/h7-10H,3-6H2,1-2H3,(H,20,21). The largest absolute Gasteiger partial charge is 0.493 e. The first kappa shape index (κ1) is 18.5. The van der Waals surface area contributed by atoms with E-state index in [-0.39, 0.29) is 12.2 Å². The number of aliphatic carboxylic acids is 1. The molecule has 2 rings (SSSR count). The van der Waals surface area contributed by atoms with E-state index in [2.05, 4.69) is 0 Å². The van der Waals surface area contributed by atoms with Crippen molar-refractivity contribution < 1.29 is 24.2 Å². The summed E-state index contributed by atoms with van der Waals surface area (Å²) in [5, 5.41) is 9.80. The molecular weight excluding hydrogens is 352 g/mol. The third-order valence-corrected chi connectivity index (χ3v) is 4.93. The van der Waals surface area contributed by atoms with Gasteiger partial charge in [0.1, 0.15) is 0 Å². The lowest BCUT2D eigenvalue weighted by atomic mass is 10.0. The van der Waals surface area contributed by atoms with Crippen LogP contribution in [0.15, 0.2) is 18.2 Å². The molecule has 0 amide bonds. The van der Waals surface area contributed by atoms with Crippen molar-refractivity contribution in [2.24, 2.45) is 5.92 Å². The third-order valence-electron chi connectivity index (χ3n) is 3.53. The summed E-state index contributed by atoms with van der Waals surface area (Å²) < 4.78 is 11.9. The number of methoxy groups -OCH3 is 1. The van der Waals surface area contributed by atoms with E-state index in [4.69, 9.17) is 26.2 Å². The van der Waals surface area contributed by atoms with E-state index in [0.29, 0.717) is 28.9 Å². The van der Waals surface area contributed by atoms with Gasteiger partial charge in [-0.15, -0.1) is 22.9 Å². The van der Waals surface area contributed by atoms with E-state index < -0.39 is 11.9 Å². The minimum absolute atomic E-state index is 0.0155. The summed E-state index contributed by atoms with van der Waals surface area (Å²) in [7, 11) is 1.56. The van der Waals surface area contributed by atoms with Gasteiger partial charge in [-0.05, 0) is 23.9 Å². The normalized spacial score (nSPS) is 12.1. The van der Waals surface area contributed by atoms with Crippen molar-refractivity contribution in [3.8, 4) is 11.5 Å². The Hall–Kier alpha value is -1.79. The average molecular weight is 371 g/mol. The summed E-state index contributed by atoms with van der Waals surface area (Å²) in [6.45, 7) is 2.01. The summed E-state index contributed by atoms with van der Waals surface area (Å²) in [4.78, 5) is 23.7. The van der Waals surface area contributed by atoms with Crippen molar-refractivity contribution >= 4 is 44.8 Å². The minimum atomic E-state index is -0.971. The second kappa shape index (κ2) is 8.35. The number of Topliss-reactive ketones (excluding diaryl/α,β-unsaturated/α-hetero) is 1. The molecule has 1 unspecified atom stereocenters. The first-order chi connectivity index (χ1) is 11.5. The highest BCUT2D eigenvalue weighted by Gasteiger charge is 2.19. The Morgan fingerprint density at radius 2 is 2.04 bits per heavy atom. The predicted molar refractivity (Wildman–Crippen MR) is 95.0 cm³/mol. The van der Waals surface area contributed by atoms with E-state index in [1.54, 1.807) is 13.2 Å². The van der Waals surface area contributed by atoms with Gasteiger partial charge in [0.25, 0.3) is 0 Å². The van der Waals surface area contributed by atoms with Gasteiger partial charge < -0.3 is 14.6 Å². The van der Waals surface area contributed by atoms with Crippen LogP contribution in [-0.4, -0.2) is 36.5 Å². The maximum Gasteiger partial charge on any atom is 0.306 e. The predicted octanol–water partition coefficient (Wildman–Crippen LogP) is 4.21. The first-order valence-corrected chi connectivity index (χ1v) is 8.87. The zero-order valence-electron chi connectivity index (χ0n) is 13.5. The number of carbonyl (C=O) groups is 2. The second-order valence-electron chi connectivity index (χ2n) is 5.41. The van der Waals surface area contributed by atoms with Gasteiger partial charge in [0.05, 0.1) is 24.5 Å². The topological polar surface area (TPSA) is 72.8 Å². The van der Waals surface area contributed by atoms with Gasteiger partial charge in [0.2, 0.25) is 0 Å². The highest BCUT2D eigenvalue weighted by Crippen LogP contribution is 2.37. The molecular formula is C17H19ClO5S. The summed E-state index contributed by atoms with van der Waals surface area (Å²) >= 11 is 6.98. The number of rotatable bonds is 9.